The summed E-state index contributed by atoms with van der Waals surface area (Å²) in [5.74, 6) is 0.333. The lowest BCUT2D eigenvalue weighted by Crippen LogP contribution is -2.33. The molecule has 1 aromatic heterocycles. The Hall–Kier alpha value is -1.07. The summed E-state index contributed by atoms with van der Waals surface area (Å²) in [6.45, 7) is 7.45. The first-order chi connectivity index (χ1) is 9.04. The van der Waals surface area contributed by atoms with Crippen LogP contribution in [-0.4, -0.2) is 35.8 Å². The molecule has 0 radical (unpaired) electrons. The van der Waals surface area contributed by atoms with Gasteiger partial charge >= 0.3 is 6.09 Å². The van der Waals surface area contributed by atoms with Gasteiger partial charge in [0.15, 0.2) is 0 Å². The predicted molar refractivity (Wildman–Crippen MR) is 77.3 cm³/mol. The Morgan fingerprint density at radius 3 is 2.79 bits per heavy atom. The zero-order valence-corrected chi connectivity index (χ0v) is 12.7. The van der Waals surface area contributed by atoms with E-state index < -0.39 is 6.10 Å². The Kier molecular flexibility index (Phi) is 6.87. The fourth-order valence-electron chi connectivity index (χ4n) is 1.61. The average Bonchev–Trinajstić information content (AvgIpc) is 2.90. The third kappa shape index (κ3) is 5.61. The minimum absolute atomic E-state index is 0.297. The quantitative estimate of drug-likeness (QED) is 0.836. The summed E-state index contributed by atoms with van der Waals surface area (Å²) >= 11 is 1.53. The molecule has 1 amide bonds. The van der Waals surface area contributed by atoms with Crippen LogP contribution >= 0.6 is 11.3 Å². The number of thiophene rings is 1. The largest absolute Gasteiger partial charge is 0.449 e. The highest BCUT2D eigenvalue weighted by Gasteiger charge is 2.16. The van der Waals surface area contributed by atoms with Crippen molar-refractivity contribution in [2.24, 2.45) is 5.92 Å². The second kappa shape index (κ2) is 8.17. The normalized spacial score (nSPS) is 12.5. The van der Waals surface area contributed by atoms with Crippen molar-refractivity contribution in [3.63, 3.8) is 0 Å². The molecule has 5 heteroatoms. The third-order valence-electron chi connectivity index (χ3n) is 2.72. The molecule has 108 valence electrons. The number of aliphatic hydroxyl groups is 1. The van der Waals surface area contributed by atoms with Gasteiger partial charge in [0.05, 0.1) is 12.7 Å². The van der Waals surface area contributed by atoms with E-state index in [0.29, 0.717) is 32.0 Å². The first kappa shape index (κ1) is 16.0. The Bertz CT molecular complexity index is 365. The van der Waals surface area contributed by atoms with Crippen LogP contribution < -0.4 is 0 Å². The minimum atomic E-state index is -0.507. The van der Waals surface area contributed by atoms with E-state index in [1.165, 1.54) is 11.3 Å². The van der Waals surface area contributed by atoms with Crippen molar-refractivity contribution in [1.29, 1.82) is 0 Å². The molecule has 1 N–H and O–H groups in total. The van der Waals surface area contributed by atoms with Crippen LogP contribution in [-0.2, 0) is 4.74 Å². The molecule has 0 aromatic carbocycles. The van der Waals surface area contributed by atoms with Crippen molar-refractivity contribution < 1.29 is 14.6 Å². The number of carbonyl (C=O) groups excluding carboxylic acids is 1. The van der Waals surface area contributed by atoms with Gasteiger partial charge in [0.2, 0.25) is 0 Å². The SMILES string of the molecule is CCN(CCC(O)c1cccs1)C(=O)OCC(C)C. The van der Waals surface area contributed by atoms with Crippen LogP contribution in [0.5, 0.6) is 0 Å². The Morgan fingerprint density at radius 1 is 1.53 bits per heavy atom. The molecule has 1 unspecified atom stereocenters. The molecule has 1 aromatic rings. The van der Waals surface area contributed by atoms with E-state index in [9.17, 15) is 9.90 Å². The smallest absolute Gasteiger partial charge is 0.409 e. The molecule has 0 fully saturated rings. The third-order valence-corrected chi connectivity index (χ3v) is 3.70. The maximum absolute atomic E-state index is 11.8. The standard InChI is InChI=1S/C14H23NO3S/c1-4-15(14(17)18-10-11(2)3)8-7-12(16)13-6-5-9-19-13/h5-6,9,11-12,16H,4,7-8,10H2,1-3H3. The zero-order valence-electron chi connectivity index (χ0n) is 11.8. The van der Waals surface area contributed by atoms with Gasteiger partial charge in [0, 0.05) is 18.0 Å². The number of hydrogen-bond donors (Lipinski definition) is 1. The van der Waals surface area contributed by atoms with Crippen molar-refractivity contribution in [3.8, 4) is 0 Å². The average molecular weight is 285 g/mol. The Labute approximate surface area is 119 Å². The van der Waals surface area contributed by atoms with Gasteiger partial charge in [0.25, 0.3) is 0 Å². The lowest BCUT2D eigenvalue weighted by Gasteiger charge is -2.22. The van der Waals surface area contributed by atoms with Crippen LogP contribution in [0.3, 0.4) is 0 Å². The number of hydrogen-bond acceptors (Lipinski definition) is 4. The molecule has 1 heterocycles. The van der Waals surface area contributed by atoms with Crippen LogP contribution in [0, 0.1) is 5.92 Å². The first-order valence-electron chi connectivity index (χ1n) is 6.67. The molecule has 1 atom stereocenters. The van der Waals surface area contributed by atoms with Crippen LogP contribution in [0.25, 0.3) is 0 Å². The molecule has 0 aliphatic carbocycles. The summed E-state index contributed by atoms with van der Waals surface area (Å²) < 4.78 is 5.19. The maximum atomic E-state index is 11.8. The van der Waals surface area contributed by atoms with Gasteiger partial charge in [-0.05, 0) is 30.7 Å². The molecule has 0 aliphatic heterocycles. The summed E-state index contributed by atoms with van der Waals surface area (Å²) in [6, 6.07) is 3.82. The van der Waals surface area contributed by atoms with E-state index in [1.54, 1.807) is 4.90 Å². The molecule has 0 aliphatic rings. The van der Waals surface area contributed by atoms with Crippen molar-refractivity contribution in [2.45, 2.75) is 33.3 Å². The lowest BCUT2D eigenvalue weighted by atomic mass is 10.2. The first-order valence-corrected chi connectivity index (χ1v) is 7.55. The molecule has 19 heavy (non-hydrogen) atoms. The Balaban J connectivity index is 2.37. The van der Waals surface area contributed by atoms with E-state index in [1.807, 2.05) is 38.3 Å². The predicted octanol–water partition coefficient (Wildman–Crippen LogP) is 3.29. The van der Waals surface area contributed by atoms with E-state index in [4.69, 9.17) is 4.74 Å². The summed E-state index contributed by atoms with van der Waals surface area (Å²) in [7, 11) is 0. The molecule has 0 saturated carbocycles. The van der Waals surface area contributed by atoms with Gasteiger partial charge < -0.3 is 14.7 Å². The molecule has 0 bridgehead atoms. The summed E-state index contributed by atoms with van der Waals surface area (Å²) in [6.07, 6.45) is -0.271. The zero-order chi connectivity index (χ0) is 14.3. The van der Waals surface area contributed by atoms with Gasteiger partial charge in [-0.2, -0.15) is 0 Å². The maximum Gasteiger partial charge on any atom is 0.409 e. The van der Waals surface area contributed by atoms with Crippen LogP contribution in [0.1, 0.15) is 38.2 Å². The molecule has 0 saturated heterocycles. The summed E-state index contributed by atoms with van der Waals surface area (Å²) in [4.78, 5) is 14.4. The number of aliphatic hydroxyl groups excluding tert-OH is 1. The number of ether oxygens (including phenoxy) is 1. The van der Waals surface area contributed by atoms with Crippen molar-refractivity contribution in [2.75, 3.05) is 19.7 Å². The van der Waals surface area contributed by atoms with Gasteiger partial charge in [-0.25, -0.2) is 4.79 Å². The number of rotatable bonds is 7. The van der Waals surface area contributed by atoms with Crippen molar-refractivity contribution in [3.05, 3.63) is 22.4 Å². The van der Waals surface area contributed by atoms with Crippen LogP contribution in [0.4, 0.5) is 4.79 Å². The van der Waals surface area contributed by atoms with E-state index in [-0.39, 0.29) is 6.09 Å². The fourth-order valence-corrected chi connectivity index (χ4v) is 2.36. The molecular weight excluding hydrogens is 262 g/mol. The summed E-state index contributed by atoms with van der Waals surface area (Å²) in [5.41, 5.74) is 0. The molecule has 1 rings (SSSR count). The molecule has 0 spiro atoms. The minimum Gasteiger partial charge on any atom is -0.449 e. The monoisotopic (exact) mass is 285 g/mol. The van der Waals surface area contributed by atoms with Crippen LogP contribution in [0.2, 0.25) is 0 Å². The fraction of sp³-hybridized carbons (Fsp3) is 0.643. The van der Waals surface area contributed by atoms with Crippen molar-refractivity contribution in [1.82, 2.24) is 4.90 Å². The van der Waals surface area contributed by atoms with Gasteiger partial charge in [-0.3, -0.25) is 0 Å². The molecular formula is C14H23NO3S. The second-order valence-corrected chi connectivity index (χ2v) is 5.85. The topological polar surface area (TPSA) is 49.8 Å². The van der Waals surface area contributed by atoms with E-state index in [2.05, 4.69) is 0 Å². The number of amides is 1. The highest BCUT2D eigenvalue weighted by Crippen LogP contribution is 2.21. The van der Waals surface area contributed by atoms with Crippen molar-refractivity contribution >= 4 is 17.4 Å². The van der Waals surface area contributed by atoms with Gasteiger partial charge in [-0.1, -0.05) is 19.9 Å². The van der Waals surface area contributed by atoms with Gasteiger partial charge in [-0.15, -0.1) is 11.3 Å². The number of carbonyl (C=O) groups is 1. The van der Waals surface area contributed by atoms with Gasteiger partial charge in [0.1, 0.15) is 0 Å². The summed E-state index contributed by atoms with van der Waals surface area (Å²) in [5, 5.41) is 11.9. The van der Waals surface area contributed by atoms with E-state index >= 15 is 0 Å². The lowest BCUT2D eigenvalue weighted by molar-refractivity contribution is 0.0852. The Morgan fingerprint density at radius 2 is 2.26 bits per heavy atom. The van der Waals surface area contributed by atoms with E-state index in [0.717, 1.165) is 4.88 Å². The highest BCUT2D eigenvalue weighted by molar-refractivity contribution is 7.10. The molecule has 4 nitrogen and oxygen atoms in total. The number of nitrogens with zero attached hydrogens (tertiary/aromatic N) is 1. The second-order valence-electron chi connectivity index (χ2n) is 4.87. The highest BCUT2D eigenvalue weighted by atomic mass is 32.1. The van der Waals surface area contributed by atoms with Crippen LogP contribution in [0.15, 0.2) is 17.5 Å².